The Labute approximate surface area is 275 Å². The fourth-order valence-corrected chi connectivity index (χ4v) is 8.52. The Kier molecular flexibility index (Phi) is 5.78. The Morgan fingerprint density at radius 3 is 1.83 bits per heavy atom. The van der Waals surface area contributed by atoms with Gasteiger partial charge in [-0.25, -0.2) is 0 Å². The standard InChI is InChI=1S/C44H27NOS/c1-2-10-28(11-3-1)29-20-24-32(25-21-29)45(37-18-8-16-35-41-33-14-6-4-12-30(33)22-26-39(41)46-43(35)37)38-19-9-17-36-42-34-15-7-5-13-31(34)23-27-40(42)47-44(36)38/h1-27H. The number of hydrogen-bond donors (Lipinski definition) is 0. The molecule has 2 nitrogen and oxygen atoms in total. The van der Waals surface area contributed by atoms with Gasteiger partial charge in [-0.1, -0.05) is 127 Å². The lowest BCUT2D eigenvalue weighted by molar-refractivity contribution is 0.669. The minimum absolute atomic E-state index is 0.884. The van der Waals surface area contributed by atoms with Crippen molar-refractivity contribution in [1.29, 1.82) is 0 Å². The van der Waals surface area contributed by atoms with E-state index in [-0.39, 0.29) is 0 Å². The van der Waals surface area contributed by atoms with Crippen LogP contribution in [0.3, 0.4) is 0 Å². The summed E-state index contributed by atoms with van der Waals surface area (Å²) in [6.45, 7) is 0. The molecule has 0 aliphatic carbocycles. The summed E-state index contributed by atoms with van der Waals surface area (Å²) < 4.78 is 9.34. The SMILES string of the molecule is c1ccc(-c2ccc(N(c3cccc4c3oc3ccc5ccccc5c34)c3cccc4c3sc3ccc5ccccc5c34)cc2)cc1. The smallest absolute Gasteiger partial charge is 0.159 e. The van der Waals surface area contributed by atoms with Crippen molar-refractivity contribution in [2.24, 2.45) is 0 Å². The van der Waals surface area contributed by atoms with Crippen LogP contribution in [0.1, 0.15) is 0 Å². The van der Waals surface area contributed by atoms with Crippen molar-refractivity contribution < 1.29 is 4.42 Å². The third-order valence-electron chi connectivity index (χ3n) is 9.45. The van der Waals surface area contributed by atoms with Crippen LogP contribution in [-0.2, 0) is 0 Å². The van der Waals surface area contributed by atoms with Crippen LogP contribution in [0.2, 0.25) is 0 Å². The Morgan fingerprint density at radius 2 is 1.04 bits per heavy atom. The van der Waals surface area contributed by atoms with E-state index in [1.54, 1.807) is 0 Å². The van der Waals surface area contributed by atoms with Crippen LogP contribution in [0, 0.1) is 0 Å². The van der Waals surface area contributed by atoms with E-state index in [4.69, 9.17) is 4.42 Å². The molecule has 0 unspecified atom stereocenters. The maximum atomic E-state index is 6.80. The van der Waals surface area contributed by atoms with Crippen LogP contribution < -0.4 is 4.90 Å². The maximum absolute atomic E-state index is 6.80. The summed E-state index contributed by atoms with van der Waals surface area (Å²) in [7, 11) is 0. The van der Waals surface area contributed by atoms with Gasteiger partial charge in [-0.3, -0.25) is 0 Å². The summed E-state index contributed by atoms with van der Waals surface area (Å²) in [5, 5.41) is 9.84. The molecule has 0 aliphatic heterocycles. The number of nitrogens with zero attached hydrogens (tertiary/aromatic N) is 1. The molecule has 10 aromatic rings. The second-order valence-corrected chi connectivity index (χ2v) is 13.1. The molecule has 3 heteroatoms. The zero-order valence-corrected chi connectivity index (χ0v) is 26.2. The monoisotopic (exact) mass is 617 g/mol. The Balaban J connectivity index is 1.27. The summed E-state index contributed by atoms with van der Waals surface area (Å²) in [6, 6.07) is 58.8. The van der Waals surface area contributed by atoms with Crippen molar-refractivity contribution >= 4 is 92.1 Å². The summed E-state index contributed by atoms with van der Waals surface area (Å²) in [5.74, 6) is 0. The number of benzene rings is 8. The molecular formula is C44H27NOS. The van der Waals surface area contributed by atoms with Crippen LogP contribution >= 0.6 is 11.3 Å². The molecule has 0 bridgehead atoms. The molecule has 220 valence electrons. The number of furan rings is 1. The average molecular weight is 618 g/mol. The van der Waals surface area contributed by atoms with E-state index in [9.17, 15) is 0 Å². The molecule has 2 heterocycles. The van der Waals surface area contributed by atoms with Gasteiger partial charge in [-0.2, -0.15) is 0 Å². The van der Waals surface area contributed by atoms with E-state index >= 15 is 0 Å². The zero-order chi connectivity index (χ0) is 30.9. The zero-order valence-electron chi connectivity index (χ0n) is 25.4. The van der Waals surface area contributed by atoms with E-state index in [0.29, 0.717) is 0 Å². The molecule has 10 rings (SSSR count). The summed E-state index contributed by atoms with van der Waals surface area (Å²) in [5.41, 5.74) is 7.41. The van der Waals surface area contributed by atoms with Gasteiger partial charge in [0.15, 0.2) is 5.58 Å². The molecular weight excluding hydrogens is 591 g/mol. The first kappa shape index (κ1) is 26.3. The second-order valence-electron chi connectivity index (χ2n) is 12.1. The molecule has 0 saturated carbocycles. The van der Waals surface area contributed by atoms with Gasteiger partial charge in [-0.05, 0) is 69.1 Å². The van der Waals surface area contributed by atoms with Gasteiger partial charge in [0.25, 0.3) is 0 Å². The van der Waals surface area contributed by atoms with Gasteiger partial charge in [0.2, 0.25) is 0 Å². The highest BCUT2D eigenvalue weighted by atomic mass is 32.1. The lowest BCUT2D eigenvalue weighted by atomic mass is 10.0. The van der Waals surface area contributed by atoms with E-state index in [0.717, 1.165) is 39.0 Å². The first-order valence-electron chi connectivity index (χ1n) is 15.9. The van der Waals surface area contributed by atoms with Gasteiger partial charge in [0, 0.05) is 31.9 Å². The molecule has 2 aromatic heterocycles. The summed E-state index contributed by atoms with van der Waals surface area (Å²) >= 11 is 1.86. The van der Waals surface area contributed by atoms with E-state index < -0.39 is 0 Å². The quantitative estimate of drug-likeness (QED) is 0.195. The Hall–Kier alpha value is -5.90. The van der Waals surface area contributed by atoms with Gasteiger partial charge in [0.1, 0.15) is 5.58 Å². The van der Waals surface area contributed by atoms with Crippen LogP contribution in [-0.4, -0.2) is 0 Å². The fourth-order valence-electron chi connectivity index (χ4n) is 7.30. The molecule has 8 aromatic carbocycles. The van der Waals surface area contributed by atoms with Gasteiger partial charge in [0.05, 0.1) is 16.1 Å². The van der Waals surface area contributed by atoms with Crippen molar-refractivity contribution in [1.82, 2.24) is 0 Å². The Morgan fingerprint density at radius 1 is 0.426 bits per heavy atom. The highest BCUT2D eigenvalue weighted by molar-refractivity contribution is 7.26. The topological polar surface area (TPSA) is 16.4 Å². The highest BCUT2D eigenvalue weighted by Crippen LogP contribution is 2.49. The van der Waals surface area contributed by atoms with Crippen molar-refractivity contribution in [3.63, 3.8) is 0 Å². The van der Waals surface area contributed by atoms with Crippen LogP contribution in [0.4, 0.5) is 17.1 Å². The van der Waals surface area contributed by atoms with E-state index in [2.05, 4.69) is 169 Å². The van der Waals surface area contributed by atoms with Crippen LogP contribution in [0.25, 0.3) is 74.8 Å². The lowest BCUT2D eigenvalue weighted by Crippen LogP contribution is -2.10. The van der Waals surface area contributed by atoms with E-state index in [1.807, 2.05) is 11.3 Å². The number of thiophene rings is 1. The van der Waals surface area contributed by atoms with E-state index in [1.165, 1.54) is 52.8 Å². The van der Waals surface area contributed by atoms with Crippen molar-refractivity contribution in [2.75, 3.05) is 4.90 Å². The van der Waals surface area contributed by atoms with Crippen molar-refractivity contribution in [2.45, 2.75) is 0 Å². The predicted molar refractivity (Wildman–Crippen MR) is 202 cm³/mol. The first-order valence-corrected chi connectivity index (χ1v) is 16.7. The van der Waals surface area contributed by atoms with Gasteiger partial charge in [-0.15, -0.1) is 11.3 Å². The van der Waals surface area contributed by atoms with Crippen molar-refractivity contribution in [3.8, 4) is 11.1 Å². The molecule has 0 fully saturated rings. The lowest BCUT2D eigenvalue weighted by Gasteiger charge is -2.26. The second kappa shape index (κ2) is 10.3. The first-order chi connectivity index (χ1) is 23.3. The molecule has 0 saturated heterocycles. The average Bonchev–Trinajstić information content (AvgIpc) is 3.73. The molecule has 0 spiro atoms. The fraction of sp³-hybridized carbons (Fsp3) is 0. The minimum Gasteiger partial charge on any atom is -0.454 e. The molecule has 0 N–H and O–H groups in total. The Bertz CT molecular complexity index is 2640. The molecule has 0 amide bonds. The largest absolute Gasteiger partial charge is 0.454 e. The maximum Gasteiger partial charge on any atom is 0.159 e. The number of fused-ring (bicyclic) bond motifs is 10. The van der Waals surface area contributed by atoms with Gasteiger partial charge >= 0.3 is 0 Å². The number of rotatable bonds is 4. The molecule has 47 heavy (non-hydrogen) atoms. The number of hydrogen-bond acceptors (Lipinski definition) is 3. The summed E-state index contributed by atoms with van der Waals surface area (Å²) in [6.07, 6.45) is 0. The predicted octanol–water partition coefficient (Wildman–Crippen LogP) is 13.4. The molecule has 0 aliphatic rings. The third-order valence-corrected chi connectivity index (χ3v) is 10.6. The molecule has 0 radical (unpaired) electrons. The number of anilines is 3. The molecule has 0 atom stereocenters. The van der Waals surface area contributed by atoms with Crippen LogP contribution in [0.5, 0.6) is 0 Å². The minimum atomic E-state index is 0.884. The van der Waals surface area contributed by atoms with Crippen LogP contribution in [0.15, 0.2) is 168 Å². The van der Waals surface area contributed by atoms with Gasteiger partial charge < -0.3 is 9.32 Å². The third kappa shape index (κ3) is 4.04. The van der Waals surface area contributed by atoms with Crippen molar-refractivity contribution in [3.05, 3.63) is 164 Å². The highest BCUT2D eigenvalue weighted by Gasteiger charge is 2.23. The summed E-state index contributed by atoms with van der Waals surface area (Å²) in [4.78, 5) is 2.39. The normalized spacial score (nSPS) is 11.8. The number of para-hydroxylation sites is 1.